The van der Waals surface area contributed by atoms with Crippen molar-refractivity contribution in [2.45, 2.75) is 25.3 Å². The molecule has 5 nitrogen and oxygen atoms in total. The highest BCUT2D eigenvalue weighted by molar-refractivity contribution is 5.88. The highest BCUT2D eigenvalue weighted by atomic mass is 19.1. The Kier molecular flexibility index (Phi) is 4.57. The van der Waals surface area contributed by atoms with Crippen LogP contribution in [0.5, 0.6) is 0 Å². The Balaban J connectivity index is 2.00. The van der Waals surface area contributed by atoms with Crippen molar-refractivity contribution >= 4 is 11.9 Å². The number of amides is 1. The lowest BCUT2D eigenvalue weighted by Crippen LogP contribution is -2.50. The van der Waals surface area contributed by atoms with E-state index in [9.17, 15) is 19.1 Å². The zero-order valence-corrected chi connectivity index (χ0v) is 11.8. The summed E-state index contributed by atoms with van der Waals surface area (Å²) < 4.78 is 18.2. The first-order chi connectivity index (χ1) is 9.91. The molecule has 0 aliphatic heterocycles. The van der Waals surface area contributed by atoms with E-state index in [0.29, 0.717) is 18.1 Å². The first kappa shape index (κ1) is 15.4. The summed E-state index contributed by atoms with van der Waals surface area (Å²) in [7, 11) is 0. The highest BCUT2D eigenvalue weighted by Gasteiger charge is 2.37. The van der Waals surface area contributed by atoms with Crippen LogP contribution in [0.3, 0.4) is 0 Å². The van der Waals surface area contributed by atoms with E-state index in [1.54, 1.807) is 0 Å². The summed E-state index contributed by atoms with van der Waals surface area (Å²) in [5.41, 5.74) is -1.32. The Morgan fingerprint density at radius 2 is 2.00 bits per heavy atom. The van der Waals surface area contributed by atoms with E-state index in [4.69, 9.17) is 4.74 Å². The molecular weight excluding hydrogens is 277 g/mol. The molecule has 2 rings (SSSR count). The van der Waals surface area contributed by atoms with E-state index < -0.39 is 23.2 Å². The number of carbonyl (C=O) groups is 2. The van der Waals surface area contributed by atoms with Crippen LogP contribution in [0.4, 0.5) is 4.39 Å². The van der Waals surface area contributed by atoms with Crippen LogP contribution in [-0.2, 0) is 19.9 Å². The lowest BCUT2D eigenvalue weighted by Gasteiger charge is -2.26. The van der Waals surface area contributed by atoms with E-state index in [0.717, 1.165) is 25.0 Å². The van der Waals surface area contributed by atoms with Gasteiger partial charge >= 0.3 is 5.97 Å². The predicted octanol–water partition coefficient (Wildman–Crippen LogP) is 1.67. The van der Waals surface area contributed by atoms with E-state index in [-0.39, 0.29) is 6.61 Å². The molecule has 0 bridgehead atoms. The van der Waals surface area contributed by atoms with Crippen LogP contribution >= 0.6 is 0 Å². The zero-order valence-electron chi connectivity index (χ0n) is 11.8. The van der Waals surface area contributed by atoms with Crippen LogP contribution in [-0.4, -0.2) is 30.2 Å². The van der Waals surface area contributed by atoms with Gasteiger partial charge in [-0.25, -0.2) is 9.18 Å². The summed E-state index contributed by atoms with van der Waals surface area (Å²) in [4.78, 5) is 23.3. The van der Waals surface area contributed by atoms with Crippen molar-refractivity contribution in [3.05, 3.63) is 35.6 Å². The van der Waals surface area contributed by atoms with Crippen LogP contribution in [0.2, 0.25) is 0 Å². The molecule has 0 saturated heterocycles. The van der Waals surface area contributed by atoms with Crippen molar-refractivity contribution in [2.24, 2.45) is 5.92 Å². The van der Waals surface area contributed by atoms with Crippen LogP contribution in [0, 0.1) is 11.7 Å². The summed E-state index contributed by atoms with van der Waals surface area (Å²) in [6.07, 6.45) is 2.23. The Labute approximate surface area is 122 Å². The lowest BCUT2D eigenvalue weighted by molar-refractivity contribution is -0.148. The maximum Gasteiger partial charge on any atom is 0.333 e. The summed E-state index contributed by atoms with van der Waals surface area (Å²) in [5, 5.41) is 11.8. The van der Waals surface area contributed by atoms with Gasteiger partial charge in [-0.1, -0.05) is 12.1 Å². The molecule has 2 N–H and O–H groups in total. The maximum atomic E-state index is 12.9. The first-order valence-corrected chi connectivity index (χ1v) is 6.80. The molecule has 1 aliphatic carbocycles. The van der Waals surface area contributed by atoms with Gasteiger partial charge in [0.15, 0.2) is 5.54 Å². The number of aliphatic carboxylic acids is 1. The smallest absolute Gasteiger partial charge is 0.333 e. The van der Waals surface area contributed by atoms with Gasteiger partial charge in [0, 0.05) is 0 Å². The van der Waals surface area contributed by atoms with Gasteiger partial charge in [-0.05, 0) is 43.4 Å². The monoisotopic (exact) mass is 295 g/mol. The summed E-state index contributed by atoms with van der Waals surface area (Å²) in [6.45, 7) is 1.70. The number of rotatable bonds is 7. The van der Waals surface area contributed by atoms with Crippen LogP contribution in [0.15, 0.2) is 24.3 Å². The molecular formula is C15H18FNO4. The number of benzene rings is 1. The molecule has 114 valence electrons. The van der Waals surface area contributed by atoms with Crippen molar-refractivity contribution < 1.29 is 23.8 Å². The minimum Gasteiger partial charge on any atom is -0.479 e. The summed E-state index contributed by atoms with van der Waals surface area (Å²) >= 11 is 0. The second-order valence-electron chi connectivity index (χ2n) is 5.44. The molecule has 1 aromatic rings. The standard InChI is InChI=1S/C15H18FNO4/c1-15(14(19)20,11-4-6-12(16)7-5-11)17-13(18)9-21-8-10-2-3-10/h4-7,10H,2-3,8-9H2,1H3,(H,17,18)(H,19,20). The van der Waals surface area contributed by atoms with Crippen molar-refractivity contribution in [3.63, 3.8) is 0 Å². The molecule has 1 atom stereocenters. The van der Waals surface area contributed by atoms with Gasteiger partial charge in [0.1, 0.15) is 12.4 Å². The fraction of sp³-hybridized carbons (Fsp3) is 0.467. The van der Waals surface area contributed by atoms with Gasteiger partial charge in [-0.3, -0.25) is 4.79 Å². The number of carboxylic acid groups (broad SMARTS) is 1. The third-order valence-electron chi connectivity index (χ3n) is 3.52. The van der Waals surface area contributed by atoms with Gasteiger partial charge in [0.25, 0.3) is 0 Å². The largest absolute Gasteiger partial charge is 0.479 e. The van der Waals surface area contributed by atoms with E-state index in [1.165, 1.54) is 19.1 Å². The van der Waals surface area contributed by atoms with Crippen molar-refractivity contribution in [2.75, 3.05) is 13.2 Å². The molecule has 0 aromatic heterocycles. The number of ether oxygens (including phenoxy) is 1. The number of hydrogen-bond acceptors (Lipinski definition) is 3. The molecule has 1 amide bonds. The number of carbonyl (C=O) groups excluding carboxylic acids is 1. The van der Waals surface area contributed by atoms with Crippen LogP contribution < -0.4 is 5.32 Å². The minimum absolute atomic E-state index is 0.180. The van der Waals surface area contributed by atoms with Crippen molar-refractivity contribution in [1.82, 2.24) is 5.32 Å². The van der Waals surface area contributed by atoms with Gasteiger partial charge in [0.2, 0.25) is 5.91 Å². The molecule has 0 radical (unpaired) electrons. The molecule has 0 heterocycles. The Bertz CT molecular complexity index is 527. The summed E-state index contributed by atoms with van der Waals surface area (Å²) in [5.74, 6) is -1.67. The fourth-order valence-corrected chi connectivity index (χ4v) is 1.95. The Hall–Kier alpha value is -1.95. The third-order valence-corrected chi connectivity index (χ3v) is 3.52. The van der Waals surface area contributed by atoms with E-state index >= 15 is 0 Å². The predicted molar refractivity (Wildman–Crippen MR) is 73.1 cm³/mol. The molecule has 0 spiro atoms. The molecule has 1 fully saturated rings. The van der Waals surface area contributed by atoms with E-state index in [1.807, 2.05) is 0 Å². The second kappa shape index (κ2) is 6.22. The van der Waals surface area contributed by atoms with Crippen molar-refractivity contribution in [1.29, 1.82) is 0 Å². The minimum atomic E-state index is -1.62. The van der Waals surface area contributed by atoms with Gasteiger partial charge in [0.05, 0.1) is 6.61 Å². The fourth-order valence-electron chi connectivity index (χ4n) is 1.95. The van der Waals surface area contributed by atoms with Gasteiger partial charge in [-0.15, -0.1) is 0 Å². The third kappa shape index (κ3) is 4.01. The average Bonchev–Trinajstić information content (AvgIpc) is 3.23. The van der Waals surface area contributed by atoms with Gasteiger partial charge in [-0.2, -0.15) is 0 Å². The number of halogens is 1. The number of carboxylic acids is 1. The van der Waals surface area contributed by atoms with Crippen molar-refractivity contribution in [3.8, 4) is 0 Å². The Morgan fingerprint density at radius 1 is 1.38 bits per heavy atom. The number of hydrogen-bond donors (Lipinski definition) is 2. The SMILES string of the molecule is CC(NC(=O)COCC1CC1)(C(=O)O)c1ccc(F)cc1. The maximum absolute atomic E-state index is 12.9. The second-order valence-corrected chi connectivity index (χ2v) is 5.44. The average molecular weight is 295 g/mol. The lowest BCUT2D eigenvalue weighted by atomic mass is 9.92. The molecule has 6 heteroatoms. The molecule has 1 saturated carbocycles. The topological polar surface area (TPSA) is 75.6 Å². The number of nitrogens with one attached hydrogen (secondary N) is 1. The van der Waals surface area contributed by atoms with E-state index in [2.05, 4.69) is 5.32 Å². The molecule has 1 aliphatic rings. The molecule has 21 heavy (non-hydrogen) atoms. The summed E-state index contributed by atoms with van der Waals surface area (Å²) in [6, 6.07) is 5.00. The van der Waals surface area contributed by atoms with Gasteiger partial charge < -0.3 is 15.2 Å². The Morgan fingerprint density at radius 3 is 2.52 bits per heavy atom. The van der Waals surface area contributed by atoms with Crippen LogP contribution in [0.25, 0.3) is 0 Å². The highest BCUT2D eigenvalue weighted by Crippen LogP contribution is 2.28. The molecule has 1 unspecified atom stereocenters. The van der Waals surface area contributed by atoms with Crippen LogP contribution in [0.1, 0.15) is 25.3 Å². The first-order valence-electron chi connectivity index (χ1n) is 6.80. The molecule has 1 aromatic carbocycles. The normalized spacial score (nSPS) is 17.0. The quantitative estimate of drug-likeness (QED) is 0.802. The zero-order chi connectivity index (χ0) is 15.5.